The minimum Gasteiger partial charge on any atom is -0.397 e. The van der Waals surface area contributed by atoms with E-state index in [1.165, 1.54) is 0 Å². The van der Waals surface area contributed by atoms with E-state index >= 15 is 0 Å². The Bertz CT molecular complexity index is 461. The summed E-state index contributed by atoms with van der Waals surface area (Å²) in [6.07, 6.45) is 0. The Morgan fingerprint density at radius 2 is 2.16 bits per heavy atom. The molecule has 2 rings (SSSR count). The molecule has 1 aliphatic rings. The van der Waals surface area contributed by atoms with Crippen molar-refractivity contribution < 1.29 is 9.53 Å². The Balaban J connectivity index is 1.99. The fourth-order valence-corrected chi connectivity index (χ4v) is 2.53. The summed E-state index contributed by atoms with van der Waals surface area (Å²) in [5, 5.41) is 3.17. The molecule has 0 bridgehead atoms. The summed E-state index contributed by atoms with van der Waals surface area (Å²) in [5.74, 6) is 0.0845. The highest BCUT2D eigenvalue weighted by molar-refractivity contribution is 14.1. The summed E-state index contributed by atoms with van der Waals surface area (Å²) in [6.45, 7) is 4.41. The van der Waals surface area contributed by atoms with E-state index in [2.05, 4.69) is 27.9 Å². The first-order valence-corrected chi connectivity index (χ1v) is 7.34. The number of halogens is 1. The van der Waals surface area contributed by atoms with Crippen LogP contribution in [-0.2, 0) is 9.53 Å². The highest BCUT2D eigenvalue weighted by Crippen LogP contribution is 2.22. The normalized spacial score (nSPS) is 17.1. The third-order valence-corrected chi connectivity index (χ3v) is 3.75. The van der Waals surface area contributed by atoms with Crippen LogP contribution in [0.5, 0.6) is 0 Å². The van der Waals surface area contributed by atoms with Crippen LogP contribution < -0.4 is 11.1 Å². The number of rotatable bonds is 3. The second kappa shape index (κ2) is 6.42. The number of morpholine rings is 1. The van der Waals surface area contributed by atoms with Gasteiger partial charge in [0.25, 0.3) is 0 Å². The maximum Gasteiger partial charge on any atom is 0.244 e. The van der Waals surface area contributed by atoms with E-state index < -0.39 is 0 Å². The molecule has 1 fully saturated rings. The Labute approximate surface area is 126 Å². The van der Waals surface area contributed by atoms with E-state index in [-0.39, 0.29) is 11.9 Å². The van der Waals surface area contributed by atoms with Gasteiger partial charge < -0.3 is 20.7 Å². The maximum absolute atomic E-state index is 12.2. The number of nitrogens with one attached hydrogen (secondary N) is 1. The van der Waals surface area contributed by atoms with Crippen molar-refractivity contribution in [2.75, 3.05) is 37.4 Å². The summed E-state index contributed by atoms with van der Waals surface area (Å²) >= 11 is 2.21. The number of anilines is 2. The van der Waals surface area contributed by atoms with Crippen molar-refractivity contribution in [3.63, 3.8) is 0 Å². The highest BCUT2D eigenvalue weighted by atomic mass is 127. The molecule has 104 valence electrons. The topological polar surface area (TPSA) is 67.6 Å². The van der Waals surface area contributed by atoms with Crippen molar-refractivity contribution >= 4 is 39.9 Å². The van der Waals surface area contributed by atoms with Gasteiger partial charge in [-0.3, -0.25) is 4.79 Å². The third kappa shape index (κ3) is 3.73. The van der Waals surface area contributed by atoms with Crippen molar-refractivity contribution in [1.82, 2.24) is 4.90 Å². The zero-order valence-electron chi connectivity index (χ0n) is 10.9. The van der Waals surface area contributed by atoms with E-state index in [0.29, 0.717) is 32.0 Å². The quantitative estimate of drug-likeness (QED) is 0.621. The molecule has 1 atom stereocenters. The molecule has 0 radical (unpaired) electrons. The molecule has 1 saturated heterocycles. The Morgan fingerprint density at radius 1 is 1.47 bits per heavy atom. The molecule has 1 aliphatic heterocycles. The molecule has 19 heavy (non-hydrogen) atoms. The fraction of sp³-hybridized carbons (Fsp3) is 0.462. The van der Waals surface area contributed by atoms with E-state index in [1.807, 2.05) is 30.0 Å². The lowest BCUT2D eigenvalue weighted by molar-refractivity contribution is -0.135. The predicted molar refractivity (Wildman–Crippen MR) is 84.1 cm³/mol. The van der Waals surface area contributed by atoms with E-state index in [0.717, 1.165) is 9.26 Å². The molecule has 0 saturated carbocycles. The molecular weight excluding hydrogens is 357 g/mol. The zero-order valence-corrected chi connectivity index (χ0v) is 13.0. The summed E-state index contributed by atoms with van der Waals surface area (Å²) in [4.78, 5) is 14.1. The smallest absolute Gasteiger partial charge is 0.244 e. The molecule has 1 aromatic rings. The highest BCUT2D eigenvalue weighted by Gasteiger charge is 2.22. The van der Waals surface area contributed by atoms with E-state index in [9.17, 15) is 4.79 Å². The summed E-state index contributed by atoms with van der Waals surface area (Å²) in [7, 11) is 0. The monoisotopic (exact) mass is 375 g/mol. The lowest BCUT2D eigenvalue weighted by Crippen LogP contribution is -2.47. The summed E-state index contributed by atoms with van der Waals surface area (Å²) in [5.41, 5.74) is 7.40. The minimum absolute atomic E-state index is 0.0845. The van der Waals surface area contributed by atoms with Gasteiger partial charge in [0, 0.05) is 16.7 Å². The van der Waals surface area contributed by atoms with Gasteiger partial charge in [0.05, 0.1) is 24.6 Å². The van der Waals surface area contributed by atoms with Crippen molar-refractivity contribution in [3.8, 4) is 0 Å². The average molecular weight is 375 g/mol. The van der Waals surface area contributed by atoms with Crippen molar-refractivity contribution in [2.24, 2.45) is 0 Å². The minimum atomic E-state index is -0.291. The van der Waals surface area contributed by atoms with Gasteiger partial charge in [-0.25, -0.2) is 0 Å². The molecule has 1 aromatic carbocycles. The van der Waals surface area contributed by atoms with E-state index in [1.54, 1.807) is 0 Å². The fourth-order valence-electron chi connectivity index (χ4n) is 2.02. The summed E-state index contributed by atoms with van der Waals surface area (Å²) in [6, 6.07) is 5.46. The van der Waals surface area contributed by atoms with E-state index in [4.69, 9.17) is 10.5 Å². The number of nitrogen functional groups attached to an aromatic ring is 1. The molecule has 5 nitrogen and oxygen atoms in total. The van der Waals surface area contributed by atoms with Crippen LogP contribution in [0.2, 0.25) is 0 Å². The van der Waals surface area contributed by atoms with Crippen LogP contribution in [-0.4, -0.2) is 43.2 Å². The molecule has 6 heteroatoms. The Kier molecular flexibility index (Phi) is 4.87. The lowest BCUT2D eigenvalue weighted by Gasteiger charge is -2.30. The van der Waals surface area contributed by atoms with Crippen molar-refractivity contribution in [2.45, 2.75) is 13.0 Å². The predicted octanol–water partition coefficient (Wildman–Crippen LogP) is 1.53. The van der Waals surface area contributed by atoms with Gasteiger partial charge in [-0.15, -0.1) is 0 Å². The summed E-state index contributed by atoms with van der Waals surface area (Å²) < 4.78 is 6.32. The van der Waals surface area contributed by atoms with Gasteiger partial charge >= 0.3 is 0 Å². The van der Waals surface area contributed by atoms with Crippen LogP contribution >= 0.6 is 22.6 Å². The van der Waals surface area contributed by atoms with Gasteiger partial charge in [-0.2, -0.15) is 0 Å². The number of benzene rings is 1. The number of amides is 1. The molecule has 0 aliphatic carbocycles. The molecule has 3 N–H and O–H groups in total. The van der Waals surface area contributed by atoms with Crippen LogP contribution in [0.25, 0.3) is 0 Å². The Morgan fingerprint density at radius 3 is 2.79 bits per heavy atom. The van der Waals surface area contributed by atoms with Crippen LogP contribution in [0.1, 0.15) is 6.92 Å². The lowest BCUT2D eigenvalue weighted by atomic mass is 10.2. The number of hydrogen-bond acceptors (Lipinski definition) is 4. The van der Waals surface area contributed by atoms with Gasteiger partial charge in [0.1, 0.15) is 6.04 Å². The third-order valence-electron chi connectivity index (χ3n) is 3.08. The van der Waals surface area contributed by atoms with Gasteiger partial charge in [-0.05, 0) is 47.7 Å². The number of hydrogen-bond donors (Lipinski definition) is 2. The number of ether oxygens (including phenoxy) is 1. The first-order chi connectivity index (χ1) is 9.08. The standard InChI is InChI=1S/C13H18IN3O2/c1-9(13(18)17-4-6-19-7-5-17)16-12-3-2-10(14)8-11(12)15/h2-3,8-9,16H,4-7,15H2,1H3. The van der Waals surface area contributed by atoms with Crippen LogP contribution in [0, 0.1) is 3.57 Å². The van der Waals surface area contributed by atoms with Crippen LogP contribution in [0.4, 0.5) is 11.4 Å². The first-order valence-electron chi connectivity index (χ1n) is 6.26. The first kappa shape index (κ1) is 14.4. The molecule has 1 heterocycles. The molecule has 0 aromatic heterocycles. The Hall–Kier alpha value is -1.02. The number of carbonyl (C=O) groups excluding carboxylic acids is 1. The molecule has 1 unspecified atom stereocenters. The molecular formula is C13H18IN3O2. The molecule has 1 amide bonds. The van der Waals surface area contributed by atoms with Crippen molar-refractivity contribution in [1.29, 1.82) is 0 Å². The number of carbonyl (C=O) groups is 1. The largest absolute Gasteiger partial charge is 0.397 e. The number of nitrogens with zero attached hydrogens (tertiary/aromatic N) is 1. The van der Waals surface area contributed by atoms with Gasteiger partial charge in [0.15, 0.2) is 0 Å². The van der Waals surface area contributed by atoms with Gasteiger partial charge in [0.2, 0.25) is 5.91 Å². The zero-order chi connectivity index (χ0) is 13.8. The second-order valence-electron chi connectivity index (χ2n) is 4.54. The SMILES string of the molecule is CC(Nc1ccc(I)cc1N)C(=O)N1CCOCC1. The average Bonchev–Trinajstić information content (AvgIpc) is 2.42. The number of nitrogens with two attached hydrogens (primary N) is 1. The van der Waals surface area contributed by atoms with Crippen LogP contribution in [0.15, 0.2) is 18.2 Å². The maximum atomic E-state index is 12.2. The van der Waals surface area contributed by atoms with Gasteiger partial charge in [-0.1, -0.05) is 0 Å². The van der Waals surface area contributed by atoms with Crippen LogP contribution in [0.3, 0.4) is 0 Å². The second-order valence-corrected chi connectivity index (χ2v) is 5.78. The van der Waals surface area contributed by atoms with Crippen molar-refractivity contribution in [3.05, 3.63) is 21.8 Å². The molecule has 0 spiro atoms.